The zero-order chi connectivity index (χ0) is 12.6. The number of rotatable bonds is 2. The zero-order valence-corrected chi connectivity index (χ0v) is 11.3. The fraction of sp³-hybridized carbons (Fsp3) is 0.929. The van der Waals surface area contributed by atoms with E-state index < -0.39 is 5.97 Å². The molecule has 1 saturated carbocycles. The van der Waals surface area contributed by atoms with Gasteiger partial charge in [-0.25, -0.2) is 0 Å². The Hall–Kier alpha value is -0.570. The molecular weight excluding hydrogens is 214 g/mol. The molecule has 2 aliphatic rings. The minimum absolute atomic E-state index is 0.139. The number of hydrogen-bond donors (Lipinski definition) is 1. The van der Waals surface area contributed by atoms with Crippen molar-refractivity contribution in [3.63, 3.8) is 0 Å². The van der Waals surface area contributed by atoms with Gasteiger partial charge in [0.05, 0.1) is 5.92 Å². The van der Waals surface area contributed by atoms with Crippen LogP contribution in [0.1, 0.15) is 46.5 Å². The molecule has 98 valence electrons. The van der Waals surface area contributed by atoms with E-state index in [0.717, 1.165) is 32.4 Å². The number of carbonyl (C=O) groups is 1. The summed E-state index contributed by atoms with van der Waals surface area (Å²) in [7, 11) is 0. The summed E-state index contributed by atoms with van der Waals surface area (Å²) in [5.74, 6) is -0.0500. The molecule has 0 amide bonds. The quantitative estimate of drug-likeness (QED) is 0.805. The Morgan fingerprint density at radius 2 is 2.06 bits per heavy atom. The van der Waals surface area contributed by atoms with Crippen molar-refractivity contribution in [2.75, 3.05) is 13.1 Å². The van der Waals surface area contributed by atoms with E-state index >= 15 is 0 Å². The van der Waals surface area contributed by atoms with Crippen LogP contribution in [0.15, 0.2) is 0 Å². The third kappa shape index (κ3) is 2.82. The van der Waals surface area contributed by atoms with Gasteiger partial charge in [-0.2, -0.15) is 0 Å². The number of hydrogen-bond acceptors (Lipinski definition) is 2. The Bertz CT molecular complexity index is 301. The minimum Gasteiger partial charge on any atom is -0.481 e. The highest BCUT2D eigenvalue weighted by Crippen LogP contribution is 2.38. The molecule has 17 heavy (non-hydrogen) atoms. The molecule has 3 atom stereocenters. The second kappa shape index (κ2) is 4.60. The summed E-state index contributed by atoms with van der Waals surface area (Å²) in [6, 6.07) is 0.276. The van der Waals surface area contributed by atoms with E-state index in [4.69, 9.17) is 0 Å². The first-order valence-electron chi connectivity index (χ1n) is 6.86. The minimum atomic E-state index is -0.591. The van der Waals surface area contributed by atoms with Crippen molar-refractivity contribution in [2.24, 2.45) is 17.3 Å². The molecule has 0 radical (unpaired) electrons. The van der Waals surface area contributed by atoms with Crippen LogP contribution in [0.25, 0.3) is 0 Å². The standard InChI is InChI=1S/C14H25NO2/c1-10-4-5-11(13(16)17)12(8-10)15-7-6-14(2,3)9-15/h10-12H,4-9H2,1-3H3,(H,16,17). The predicted molar refractivity (Wildman–Crippen MR) is 67.9 cm³/mol. The van der Waals surface area contributed by atoms with Crippen LogP contribution in [-0.4, -0.2) is 35.1 Å². The van der Waals surface area contributed by atoms with Crippen LogP contribution in [0.5, 0.6) is 0 Å². The molecule has 3 heteroatoms. The molecule has 0 aromatic carbocycles. The maximum Gasteiger partial charge on any atom is 0.308 e. The smallest absolute Gasteiger partial charge is 0.308 e. The van der Waals surface area contributed by atoms with Crippen molar-refractivity contribution in [2.45, 2.75) is 52.5 Å². The summed E-state index contributed by atoms with van der Waals surface area (Å²) in [5, 5.41) is 9.36. The summed E-state index contributed by atoms with van der Waals surface area (Å²) < 4.78 is 0. The highest BCUT2D eigenvalue weighted by molar-refractivity contribution is 5.71. The number of carboxylic acid groups (broad SMARTS) is 1. The van der Waals surface area contributed by atoms with Gasteiger partial charge in [0, 0.05) is 12.6 Å². The van der Waals surface area contributed by atoms with Crippen molar-refractivity contribution in [1.29, 1.82) is 0 Å². The number of nitrogens with zero attached hydrogens (tertiary/aromatic N) is 1. The molecule has 2 rings (SSSR count). The lowest BCUT2D eigenvalue weighted by Gasteiger charge is -2.39. The molecule has 1 heterocycles. The molecule has 3 unspecified atom stereocenters. The molecule has 0 spiro atoms. The molecule has 1 N–H and O–H groups in total. The van der Waals surface area contributed by atoms with Crippen LogP contribution in [0.3, 0.4) is 0 Å². The predicted octanol–water partition coefficient (Wildman–Crippen LogP) is 2.61. The van der Waals surface area contributed by atoms with Gasteiger partial charge in [0.2, 0.25) is 0 Å². The van der Waals surface area contributed by atoms with E-state index in [-0.39, 0.29) is 12.0 Å². The summed E-state index contributed by atoms with van der Waals surface area (Å²) in [4.78, 5) is 13.8. The third-order valence-electron chi connectivity index (χ3n) is 4.57. The van der Waals surface area contributed by atoms with Gasteiger partial charge in [0.1, 0.15) is 0 Å². The van der Waals surface area contributed by atoms with Gasteiger partial charge in [-0.3, -0.25) is 9.69 Å². The summed E-state index contributed by atoms with van der Waals surface area (Å²) in [5.41, 5.74) is 0.365. The molecule has 1 saturated heterocycles. The highest BCUT2D eigenvalue weighted by atomic mass is 16.4. The van der Waals surface area contributed by atoms with Crippen LogP contribution < -0.4 is 0 Å². The van der Waals surface area contributed by atoms with E-state index in [1.165, 1.54) is 6.42 Å². The maximum absolute atomic E-state index is 11.4. The van der Waals surface area contributed by atoms with Crippen molar-refractivity contribution >= 4 is 5.97 Å². The maximum atomic E-state index is 11.4. The molecule has 0 bridgehead atoms. The molecular formula is C14H25NO2. The SMILES string of the molecule is CC1CCC(C(=O)O)C(N2CCC(C)(C)C2)C1. The molecule has 3 nitrogen and oxygen atoms in total. The third-order valence-corrected chi connectivity index (χ3v) is 4.57. The van der Waals surface area contributed by atoms with Crippen LogP contribution in [0.4, 0.5) is 0 Å². The van der Waals surface area contributed by atoms with Crippen LogP contribution in [0, 0.1) is 17.3 Å². The average Bonchev–Trinajstić information content (AvgIpc) is 2.58. The van der Waals surface area contributed by atoms with Gasteiger partial charge >= 0.3 is 5.97 Å². The first-order valence-corrected chi connectivity index (χ1v) is 6.86. The normalized spacial score (nSPS) is 38.2. The Balaban J connectivity index is 2.08. The van der Waals surface area contributed by atoms with Crippen LogP contribution in [-0.2, 0) is 4.79 Å². The first kappa shape index (κ1) is 12.9. The van der Waals surface area contributed by atoms with Crippen molar-refractivity contribution in [3.8, 4) is 0 Å². The Morgan fingerprint density at radius 3 is 2.59 bits per heavy atom. The monoisotopic (exact) mass is 239 g/mol. The molecule has 1 aliphatic heterocycles. The van der Waals surface area contributed by atoms with Gasteiger partial charge in [-0.1, -0.05) is 20.8 Å². The van der Waals surface area contributed by atoms with Crippen molar-refractivity contribution in [3.05, 3.63) is 0 Å². The van der Waals surface area contributed by atoms with Gasteiger partial charge < -0.3 is 5.11 Å². The summed E-state index contributed by atoms with van der Waals surface area (Å²) >= 11 is 0. The number of carboxylic acids is 1. The fourth-order valence-corrected chi connectivity index (χ4v) is 3.48. The molecule has 0 aromatic heterocycles. The van der Waals surface area contributed by atoms with E-state index in [1.54, 1.807) is 0 Å². The Kier molecular flexibility index (Phi) is 3.48. The zero-order valence-electron chi connectivity index (χ0n) is 11.3. The van der Waals surface area contributed by atoms with E-state index in [1.807, 2.05) is 0 Å². The lowest BCUT2D eigenvalue weighted by atomic mass is 9.78. The molecule has 2 fully saturated rings. The highest BCUT2D eigenvalue weighted by Gasteiger charge is 2.41. The van der Waals surface area contributed by atoms with Crippen molar-refractivity contribution < 1.29 is 9.90 Å². The Morgan fingerprint density at radius 1 is 1.35 bits per heavy atom. The van der Waals surface area contributed by atoms with E-state index in [9.17, 15) is 9.90 Å². The fourth-order valence-electron chi connectivity index (χ4n) is 3.48. The van der Waals surface area contributed by atoms with E-state index in [0.29, 0.717) is 11.3 Å². The van der Waals surface area contributed by atoms with Crippen LogP contribution >= 0.6 is 0 Å². The summed E-state index contributed by atoms with van der Waals surface area (Å²) in [6.45, 7) is 8.97. The lowest BCUT2D eigenvalue weighted by Crippen LogP contribution is -2.46. The second-order valence-electron chi connectivity index (χ2n) is 6.81. The topological polar surface area (TPSA) is 40.5 Å². The van der Waals surface area contributed by atoms with Gasteiger partial charge in [0.15, 0.2) is 0 Å². The Labute approximate surface area is 104 Å². The van der Waals surface area contributed by atoms with Gasteiger partial charge in [0.25, 0.3) is 0 Å². The van der Waals surface area contributed by atoms with Crippen molar-refractivity contribution in [1.82, 2.24) is 4.90 Å². The molecule has 1 aliphatic carbocycles. The van der Waals surface area contributed by atoms with Gasteiger partial charge in [-0.15, -0.1) is 0 Å². The first-order chi connectivity index (χ1) is 7.89. The van der Waals surface area contributed by atoms with E-state index in [2.05, 4.69) is 25.7 Å². The number of likely N-dealkylation sites (tertiary alicyclic amines) is 1. The second-order valence-corrected chi connectivity index (χ2v) is 6.81. The molecule has 0 aromatic rings. The average molecular weight is 239 g/mol. The summed E-state index contributed by atoms with van der Waals surface area (Å²) in [6.07, 6.45) is 4.19. The largest absolute Gasteiger partial charge is 0.481 e. The van der Waals surface area contributed by atoms with Crippen LogP contribution in [0.2, 0.25) is 0 Å². The van der Waals surface area contributed by atoms with Gasteiger partial charge in [-0.05, 0) is 43.6 Å². The lowest BCUT2D eigenvalue weighted by molar-refractivity contribution is -0.146. The number of aliphatic carboxylic acids is 1.